The first-order chi connectivity index (χ1) is 12.9. The third-order valence-corrected chi connectivity index (χ3v) is 5.13. The quantitative estimate of drug-likeness (QED) is 0.601. The van der Waals surface area contributed by atoms with Crippen LogP contribution in [-0.2, 0) is 12.0 Å². The maximum absolute atomic E-state index is 12.6. The molecule has 0 radical (unpaired) electrons. The van der Waals surface area contributed by atoms with E-state index in [0.717, 1.165) is 11.3 Å². The second-order valence-electron chi connectivity index (χ2n) is 6.87. The third-order valence-electron chi connectivity index (χ3n) is 4.26. The van der Waals surface area contributed by atoms with E-state index < -0.39 is 0 Å². The highest BCUT2D eigenvalue weighted by molar-refractivity contribution is 7.07. The number of aromatic nitrogens is 1. The normalized spacial score (nSPS) is 11.2. The molecule has 140 valence electrons. The van der Waals surface area contributed by atoms with Crippen molar-refractivity contribution in [2.45, 2.75) is 25.9 Å². The Hall–Kier alpha value is -2.37. The highest BCUT2D eigenvalue weighted by Gasteiger charge is 2.22. The average Bonchev–Trinajstić information content (AvgIpc) is 3.18. The molecule has 0 saturated carbocycles. The number of ether oxygens (including phenoxy) is 1. The van der Waals surface area contributed by atoms with Crippen molar-refractivity contribution >= 4 is 28.8 Å². The number of benzene rings is 2. The van der Waals surface area contributed by atoms with Crippen LogP contribution in [0.15, 0.2) is 59.4 Å². The summed E-state index contributed by atoms with van der Waals surface area (Å²) in [6.07, 6.45) is 0. The van der Waals surface area contributed by atoms with Crippen LogP contribution in [0.1, 0.15) is 35.5 Å². The Morgan fingerprint density at radius 3 is 2.78 bits per heavy atom. The number of thiazole rings is 1. The van der Waals surface area contributed by atoms with Crippen LogP contribution in [0.3, 0.4) is 0 Å². The Bertz CT molecular complexity index is 910. The molecule has 2 aromatic carbocycles. The Labute approximate surface area is 168 Å². The zero-order valence-corrected chi connectivity index (χ0v) is 16.8. The maximum atomic E-state index is 12.6. The van der Waals surface area contributed by atoms with Crippen molar-refractivity contribution in [2.75, 3.05) is 6.54 Å². The van der Waals surface area contributed by atoms with E-state index in [1.54, 1.807) is 17.6 Å². The number of hydrogen-bond donors (Lipinski definition) is 1. The standard InChI is InChI=1S/C21H21ClN2O2S/c1-21(2,16-6-4-7-17(22)10-16)13-23-20(25)15-5-3-8-19(9-15)26-11-18-12-27-14-24-18/h3-10,12,14H,11,13H2,1-2H3,(H,23,25). The summed E-state index contributed by atoms with van der Waals surface area (Å²) in [7, 11) is 0. The fourth-order valence-corrected chi connectivity index (χ4v) is 3.34. The van der Waals surface area contributed by atoms with E-state index in [1.165, 1.54) is 11.3 Å². The highest BCUT2D eigenvalue weighted by Crippen LogP contribution is 2.25. The van der Waals surface area contributed by atoms with Crippen LogP contribution in [0.2, 0.25) is 5.02 Å². The van der Waals surface area contributed by atoms with Gasteiger partial charge in [0.1, 0.15) is 12.4 Å². The molecule has 0 aliphatic rings. The zero-order valence-electron chi connectivity index (χ0n) is 15.2. The van der Waals surface area contributed by atoms with Crippen molar-refractivity contribution in [1.29, 1.82) is 0 Å². The summed E-state index contributed by atoms with van der Waals surface area (Å²) < 4.78 is 5.72. The zero-order chi connectivity index (χ0) is 19.3. The molecule has 1 aromatic heterocycles. The summed E-state index contributed by atoms with van der Waals surface area (Å²) in [6.45, 7) is 5.03. The van der Waals surface area contributed by atoms with Crippen molar-refractivity contribution < 1.29 is 9.53 Å². The Balaban J connectivity index is 1.61. The lowest BCUT2D eigenvalue weighted by Gasteiger charge is -2.26. The van der Waals surface area contributed by atoms with Crippen molar-refractivity contribution in [3.05, 3.63) is 81.3 Å². The fraction of sp³-hybridized carbons (Fsp3) is 0.238. The smallest absolute Gasteiger partial charge is 0.251 e. The number of nitrogens with zero attached hydrogens (tertiary/aromatic N) is 1. The predicted octanol–water partition coefficient (Wildman–Crippen LogP) is 5.08. The van der Waals surface area contributed by atoms with Crippen LogP contribution in [0.5, 0.6) is 5.75 Å². The Kier molecular flexibility index (Phi) is 6.14. The summed E-state index contributed by atoms with van der Waals surface area (Å²) in [4.78, 5) is 16.8. The lowest BCUT2D eigenvalue weighted by Crippen LogP contribution is -2.36. The van der Waals surface area contributed by atoms with Gasteiger partial charge in [0, 0.05) is 27.9 Å². The topological polar surface area (TPSA) is 51.2 Å². The molecule has 1 heterocycles. The first-order valence-electron chi connectivity index (χ1n) is 8.58. The summed E-state index contributed by atoms with van der Waals surface area (Å²) in [5.41, 5.74) is 4.05. The summed E-state index contributed by atoms with van der Waals surface area (Å²) in [5, 5.41) is 5.64. The van der Waals surface area contributed by atoms with Gasteiger partial charge in [-0.25, -0.2) is 4.98 Å². The Morgan fingerprint density at radius 1 is 1.22 bits per heavy atom. The van der Waals surface area contributed by atoms with Gasteiger partial charge >= 0.3 is 0 Å². The number of halogens is 1. The highest BCUT2D eigenvalue weighted by atomic mass is 35.5. The molecule has 3 aromatic rings. The van der Waals surface area contributed by atoms with Crippen LogP contribution in [-0.4, -0.2) is 17.4 Å². The molecular weight excluding hydrogens is 380 g/mol. The molecule has 4 nitrogen and oxygen atoms in total. The molecule has 6 heteroatoms. The molecule has 0 aliphatic carbocycles. The summed E-state index contributed by atoms with van der Waals surface area (Å²) in [5.74, 6) is 0.508. The van der Waals surface area contributed by atoms with E-state index in [0.29, 0.717) is 29.5 Å². The summed E-state index contributed by atoms with van der Waals surface area (Å²) >= 11 is 7.62. The molecule has 0 unspecified atom stereocenters. The van der Waals surface area contributed by atoms with Gasteiger partial charge < -0.3 is 10.1 Å². The molecule has 27 heavy (non-hydrogen) atoms. The van der Waals surface area contributed by atoms with Crippen LogP contribution in [0.4, 0.5) is 0 Å². The van der Waals surface area contributed by atoms with Gasteiger partial charge in [-0.2, -0.15) is 0 Å². The van der Waals surface area contributed by atoms with Gasteiger partial charge in [0.05, 0.1) is 11.2 Å². The van der Waals surface area contributed by atoms with Crippen molar-refractivity contribution in [2.24, 2.45) is 0 Å². The molecule has 0 saturated heterocycles. The number of nitrogens with one attached hydrogen (secondary N) is 1. The molecule has 0 atom stereocenters. The number of carbonyl (C=O) groups is 1. The van der Waals surface area contributed by atoms with Gasteiger partial charge in [-0.05, 0) is 35.9 Å². The number of rotatable bonds is 7. The van der Waals surface area contributed by atoms with E-state index in [2.05, 4.69) is 24.1 Å². The molecule has 1 amide bonds. The van der Waals surface area contributed by atoms with E-state index >= 15 is 0 Å². The lowest BCUT2D eigenvalue weighted by molar-refractivity contribution is 0.0945. The van der Waals surface area contributed by atoms with E-state index in [4.69, 9.17) is 16.3 Å². The van der Waals surface area contributed by atoms with Crippen molar-refractivity contribution in [3.63, 3.8) is 0 Å². The minimum atomic E-state index is -0.237. The van der Waals surface area contributed by atoms with Crippen molar-refractivity contribution in [3.8, 4) is 5.75 Å². The minimum absolute atomic E-state index is 0.135. The van der Waals surface area contributed by atoms with Gasteiger partial charge in [0.25, 0.3) is 5.91 Å². The van der Waals surface area contributed by atoms with Gasteiger partial charge in [-0.3, -0.25) is 4.79 Å². The number of hydrogen-bond acceptors (Lipinski definition) is 4. The molecule has 1 N–H and O–H groups in total. The van der Waals surface area contributed by atoms with Crippen LogP contribution < -0.4 is 10.1 Å². The molecular formula is C21H21ClN2O2S. The monoisotopic (exact) mass is 400 g/mol. The van der Waals surface area contributed by atoms with Gasteiger partial charge in [-0.15, -0.1) is 11.3 Å². The maximum Gasteiger partial charge on any atom is 0.251 e. The van der Waals surface area contributed by atoms with E-state index in [1.807, 2.05) is 41.8 Å². The summed E-state index contributed by atoms with van der Waals surface area (Å²) in [6, 6.07) is 14.9. The first kappa shape index (κ1) is 19.4. The SMILES string of the molecule is CC(C)(CNC(=O)c1cccc(OCc2cscn2)c1)c1cccc(Cl)c1. The largest absolute Gasteiger partial charge is 0.487 e. The van der Waals surface area contributed by atoms with Crippen LogP contribution in [0.25, 0.3) is 0 Å². The second kappa shape index (κ2) is 8.55. The van der Waals surface area contributed by atoms with Gasteiger partial charge in [-0.1, -0.05) is 43.6 Å². The van der Waals surface area contributed by atoms with Crippen LogP contribution in [0, 0.1) is 0 Å². The molecule has 0 spiro atoms. The van der Waals surface area contributed by atoms with Gasteiger partial charge in [0.15, 0.2) is 0 Å². The molecule has 3 rings (SSSR count). The third kappa shape index (κ3) is 5.31. The first-order valence-corrected chi connectivity index (χ1v) is 9.90. The van der Waals surface area contributed by atoms with Crippen molar-refractivity contribution in [1.82, 2.24) is 10.3 Å². The molecule has 0 bridgehead atoms. The molecule has 0 fully saturated rings. The van der Waals surface area contributed by atoms with E-state index in [-0.39, 0.29) is 11.3 Å². The molecule has 0 aliphatic heterocycles. The van der Waals surface area contributed by atoms with Gasteiger partial charge in [0.2, 0.25) is 0 Å². The lowest BCUT2D eigenvalue weighted by atomic mass is 9.84. The minimum Gasteiger partial charge on any atom is -0.487 e. The number of carbonyl (C=O) groups excluding carboxylic acids is 1. The second-order valence-corrected chi connectivity index (χ2v) is 8.03. The average molecular weight is 401 g/mol. The van der Waals surface area contributed by atoms with E-state index in [9.17, 15) is 4.79 Å². The predicted molar refractivity (Wildman–Crippen MR) is 110 cm³/mol. The fourth-order valence-electron chi connectivity index (χ4n) is 2.61. The van der Waals surface area contributed by atoms with Crippen LogP contribution >= 0.6 is 22.9 Å². The Morgan fingerprint density at radius 2 is 2.04 bits per heavy atom. The number of amides is 1.